The number of pyridine rings is 1. The van der Waals surface area contributed by atoms with E-state index >= 15 is 0 Å². The predicted molar refractivity (Wildman–Crippen MR) is 127 cm³/mol. The van der Waals surface area contributed by atoms with Crippen LogP contribution in [0.25, 0.3) is 22.3 Å². The van der Waals surface area contributed by atoms with Crippen molar-refractivity contribution >= 4 is 22.6 Å². The van der Waals surface area contributed by atoms with E-state index in [2.05, 4.69) is 15.6 Å². The molecule has 0 aliphatic rings. The highest BCUT2D eigenvalue weighted by atomic mass is 16.3. The van der Waals surface area contributed by atoms with Gasteiger partial charge < -0.3 is 15.1 Å². The maximum absolute atomic E-state index is 13.2. The zero-order valence-corrected chi connectivity index (χ0v) is 18.5. The highest BCUT2D eigenvalue weighted by Crippen LogP contribution is 2.32. The molecule has 0 unspecified atom stereocenters. The van der Waals surface area contributed by atoms with Gasteiger partial charge >= 0.3 is 0 Å². The number of hydrogen-bond acceptors (Lipinski definition) is 5. The van der Waals surface area contributed by atoms with E-state index in [1.165, 1.54) is 0 Å². The molecule has 4 rings (SSSR count). The van der Waals surface area contributed by atoms with Crippen molar-refractivity contribution < 1.29 is 9.21 Å². The molecule has 0 saturated heterocycles. The summed E-state index contributed by atoms with van der Waals surface area (Å²) in [5.74, 6) is 0.288. The third kappa shape index (κ3) is 3.87. The first-order chi connectivity index (χ1) is 15.4. The van der Waals surface area contributed by atoms with Gasteiger partial charge in [-0.1, -0.05) is 36.4 Å². The lowest BCUT2D eigenvalue weighted by Crippen LogP contribution is -2.22. The minimum Gasteiger partial charge on any atom is -0.455 e. The summed E-state index contributed by atoms with van der Waals surface area (Å²) >= 11 is 0. The van der Waals surface area contributed by atoms with E-state index < -0.39 is 0 Å². The molecule has 4 aromatic rings. The molecule has 0 saturated carbocycles. The third-order valence-corrected chi connectivity index (χ3v) is 5.52. The second-order valence-corrected chi connectivity index (χ2v) is 7.83. The topological polar surface area (TPSA) is 84.2 Å². The highest BCUT2D eigenvalue weighted by Gasteiger charge is 2.20. The van der Waals surface area contributed by atoms with Crippen molar-refractivity contribution in [2.75, 3.05) is 12.4 Å². The van der Waals surface area contributed by atoms with Crippen LogP contribution in [0.15, 0.2) is 70.0 Å². The molecule has 1 atom stereocenters. The number of carbonyl (C=O) groups excluding carboxylic acids is 1. The first kappa shape index (κ1) is 21.3. The molecule has 0 radical (unpaired) electrons. The molecule has 0 aliphatic heterocycles. The first-order valence-electron chi connectivity index (χ1n) is 10.5. The van der Waals surface area contributed by atoms with Gasteiger partial charge in [0.05, 0.1) is 17.1 Å². The molecule has 6 heteroatoms. The summed E-state index contributed by atoms with van der Waals surface area (Å²) in [5.41, 5.74) is 4.62. The van der Waals surface area contributed by atoms with Crippen LogP contribution in [-0.4, -0.2) is 17.9 Å². The van der Waals surface area contributed by atoms with Crippen LogP contribution in [0.1, 0.15) is 40.1 Å². The fraction of sp³-hybridized carbons (Fsp3) is 0.192. The summed E-state index contributed by atoms with van der Waals surface area (Å²) in [7, 11) is 1.57. The average Bonchev–Trinajstić information content (AvgIpc) is 2.81. The number of aryl methyl sites for hydroxylation is 1. The van der Waals surface area contributed by atoms with Gasteiger partial charge in [0.1, 0.15) is 11.3 Å². The number of nitrogens with one attached hydrogen (secondary N) is 2. The molecule has 1 amide bonds. The monoisotopic (exact) mass is 427 g/mol. The van der Waals surface area contributed by atoms with Gasteiger partial charge in [-0.3, -0.25) is 9.59 Å². The number of amides is 1. The standard InChI is InChI=1S/C26H25N3O3/c1-15-13-19(17(3)29-21-11-8-12-28-22(21)26(31)27-4)25-20(14-15)23(30)16(2)24(32-25)18-9-6-5-7-10-18/h5-14,17,29H,1-4H3,(H,27,31)/t17-/m1/s1. The number of hydrogen-bond donors (Lipinski definition) is 2. The van der Waals surface area contributed by atoms with E-state index in [1.807, 2.05) is 62.4 Å². The third-order valence-electron chi connectivity index (χ3n) is 5.52. The molecule has 0 bridgehead atoms. The van der Waals surface area contributed by atoms with Gasteiger partial charge in [0.2, 0.25) is 0 Å². The number of benzene rings is 2. The maximum Gasteiger partial charge on any atom is 0.271 e. The molecule has 6 nitrogen and oxygen atoms in total. The summed E-state index contributed by atoms with van der Waals surface area (Å²) in [6.07, 6.45) is 1.58. The van der Waals surface area contributed by atoms with Crippen molar-refractivity contribution in [3.05, 3.63) is 93.4 Å². The van der Waals surface area contributed by atoms with Crippen molar-refractivity contribution in [3.8, 4) is 11.3 Å². The van der Waals surface area contributed by atoms with E-state index in [-0.39, 0.29) is 17.4 Å². The maximum atomic E-state index is 13.2. The smallest absolute Gasteiger partial charge is 0.271 e. The molecule has 0 spiro atoms. The number of fused-ring (bicyclic) bond motifs is 1. The van der Waals surface area contributed by atoms with Crippen molar-refractivity contribution in [2.45, 2.75) is 26.8 Å². The molecule has 32 heavy (non-hydrogen) atoms. The second kappa shape index (κ2) is 8.67. The van der Waals surface area contributed by atoms with Gasteiger partial charge in [0.15, 0.2) is 11.1 Å². The van der Waals surface area contributed by atoms with E-state index in [1.54, 1.807) is 26.2 Å². The van der Waals surface area contributed by atoms with Gasteiger partial charge in [-0.25, -0.2) is 4.98 Å². The largest absolute Gasteiger partial charge is 0.455 e. The van der Waals surface area contributed by atoms with E-state index in [9.17, 15) is 9.59 Å². The number of carbonyl (C=O) groups is 1. The Morgan fingerprint density at radius 1 is 1.06 bits per heavy atom. The molecular weight excluding hydrogens is 402 g/mol. The first-order valence-corrected chi connectivity index (χ1v) is 10.5. The van der Waals surface area contributed by atoms with Crippen LogP contribution in [-0.2, 0) is 0 Å². The van der Waals surface area contributed by atoms with Gasteiger partial charge in [-0.2, -0.15) is 0 Å². The molecule has 162 valence electrons. The Bertz CT molecular complexity index is 1360. The summed E-state index contributed by atoms with van der Waals surface area (Å²) in [5, 5.41) is 6.53. The number of anilines is 1. The van der Waals surface area contributed by atoms with Gasteiger partial charge in [0, 0.05) is 29.9 Å². The average molecular weight is 428 g/mol. The molecule has 2 N–H and O–H groups in total. The lowest BCUT2D eigenvalue weighted by Gasteiger charge is -2.20. The summed E-state index contributed by atoms with van der Waals surface area (Å²) in [6, 6.07) is 16.8. The van der Waals surface area contributed by atoms with Crippen LogP contribution < -0.4 is 16.1 Å². The van der Waals surface area contributed by atoms with Gasteiger partial charge in [-0.15, -0.1) is 0 Å². The Labute approximate surface area is 186 Å². The SMILES string of the molecule is CNC(=O)c1ncccc1N[C@H](C)c1cc(C)cc2c(=O)c(C)c(-c3ccccc3)oc12. The van der Waals surface area contributed by atoms with Gasteiger partial charge in [-0.05, 0) is 44.5 Å². The molecule has 0 aliphatic carbocycles. The second-order valence-electron chi connectivity index (χ2n) is 7.83. The summed E-state index contributed by atoms with van der Waals surface area (Å²) < 4.78 is 6.37. The summed E-state index contributed by atoms with van der Waals surface area (Å²) in [4.78, 5) is 29.7. The Hall–Kier alpha value is -3.93. The van der Waals surface area contributed by atoms with E-state index in [4.69, 9.17) is 4.42 Å². The minimum atomic E-state index is -0.275. The normalized spacial score (nSPS) is 11.9. The van der Waals surface area contributed by atoms with Crippen LogP contribution in [0, 0.1) is 13.8 Å². The number of aromatic nitrogens is 1. The molecule has 0 fully saturated rings. The zero-order chi connectivity index (χ0) is 22.8. The Balaban J connectivity index is 1.87. The predicted octanol–water partition coefficient (Wildman–Crippen LogP) is 5.00. The van der Waals surface area contributed by atoms with Gasteiger partial charge in [0.25, 0.3) is 5.91 Å². The van der Waals surface area contributed by atoms with Crippen LogP contribution in [0.5, 0.6) is 0 Å². The number of nitrogens with zero attached hydrogens (tertiary/aromatic N) is 1. The van der Waals surface area contributed by atoms with E-state index in [0.717, 1.165) is 16.7 Å². The molecule has 2 aromatic carbocycles. The van der Waals surface area contributed by atoms with Crippen molar-refractivity contribution in [2.24, 2.45) is 0 Å². The van der Waals surface area contributed by atoms with E-state index in [0.29, 0.717) is 33.7 Å². The molecule has 2 heterocycles. The minimum absolute atomic E-state index is 0.0466. The van der Waals surface area contributed by atoms with Crippen molar-refractivity contribution in [3.63, 3.8) is 0 Å². The fourth-order valence-electron chi connectivity index (χ4n) is 3.89. The van der Waals surface area contributed by atoms with Crippen LogP contribution in [0.2, 0.25) is 0 Å². The zero-order valence-electron chi connectivity index (χ0n) is 18.5. The highest BCUT2D eigenvalue weighted by molar-refractivity contribution is 5.97. The lowest BCUT2D eigenvalue weighted by atomic mass is 9.98. The lowest BCUT2D eigenvalue weighted by molar-refractivity contribution is 0.0959. The Morgan fingerprint density at radius 2 is 1.81 bits per heavy atom. The molecular formula is C26H25N3O3. The quantitative estimate of drug-likeness (QED) is 0.468. The fourth-order valence-corrected chi connectivity index (χ4v) is 3.89. The summed E-state index contributed by atoms with van der Waals surface area (Å²) in [6.45, 7) is 5.72. The number of rotatable bonds is 5. The van der Waals surface area contributed by atoms with Crippen LogP contribution in [0.3, 0.4) is 0 Å². The van der Waals surface area contributed by atoms with Crippen LogP contribution >= 0.6 is 0 Å². The molecule has 2 aromatic heterocycles. The van der Waals surface area contributed by atoms with Crippen molar-refractivity contribution in [1.29, 1.82) is 0 Å². The Morgan fingerprint density at radius 3 is 2.53 bits per heavy atom. The van der Waals surface area contributed by atoms with Crippen LogP contribution in [0.4, 0.5) is 5.69 Å². The Kier molecular flexibility index (Phi) is 5.77. The van der Waals surface area contributed by atoms with Crippen molar-refractivity contribution in [1.82, 2.24) is 10.3 Å².